The van der Waals surface area contributed by atoms with Crippen molar-refractivity contribution < 1.29 is 0 Å². The molecule has 0 radical (unpaired) electrons. The molecule has 0 aliphatic carbocycles. The normalized spacial score (nSPS) is 12.7. The second-order valence-electron chi connectivity index (χ2n) is 4.89. The van der Waals surface area contributed by atoms with Gasteiger partial charge in [-0.15, -0.1) is 11.3 Å². The highest BCUT2D eigenvalue weighted by molar-refractivity contribution is 7.18. The van der Waals surface area contributed by atoms with Gasteiger partial charge in [0.2, 0.25) is 5.95 Å². The number of fused-ring (bicyclic) bond motifs is 1. The number of nitrogen functional groups attached to an aromatic ring is 1. The molecule has 3 aromatic heterocycles. The maximum Gasteiger partial charge on any atom is 0.223 e. The van der Waals surface area contributed by atoms with E-state index in [0.29, 0.717) is 12.0 Å². The molecule has 4 nitrogen and oxygen atoms in total. The Balaban J connectivity index is 1.86. The second-order valence-corrected chi connectivity index (χ2v) is 6.90. The number of hydrogen-bond acceptors (Lipinski definition) is 6. The van der Waals surface area contributed by atoms with Crippen LogP contribution < -0.4 is 11.1 Å². The summed E-state index contributed by atoms with van der Waals surface area (Å²) in [4.78, 5) is 10.8. The fourth-order valence-electron chi connectivity index (χ4n) is 2.22. The first-order chi connectivity index (χ1) is 9.61. The third kappa shape index (κ3) is 2.76. The van der Waals surface area contributed by atoms with E-state index in [1.165, 1.54) is 10.4 Å². The van der Waals surface area contributed by atoms with Gasteiger partial charge in [0, 0.05) is 10.9 Å². The predicted octanol–water partition coefficient (Wildman–Crippen LogP) is 3.69. The molecule has 0 bridgehead atoms. The van der Waals surface area contributed by atoms with Crippen molar-refractivity contribution in [1.82, 2.24) is 9.97 Å². The van der Waals surface area contributed by atoms with Gasteiger partial charge >= 0.3 is 0 Å². The van der Waals surface area contributed by atoms with Crippen LogP contribution in [0.2, 0.25) is 0 Å². The molecule has 3 aromatic rings. The van der Waals surface area contributed by atoms with Crippen molar-refractivity contribution in [2.24, 2.45) is 0 Å². The maximum absolute atomic E-state index is 5.79. The molecule has 0 aliphatic heterocycles. The lowest BCUT2D eigenvalue weighted by Crippen LogP contribution is -2.19. The number of anilines is 2. The van der Waals surface area contributed by atoms with E-state index in [1.807, 2.05) is 0 Å². The molecule has 0 amide bonds. The van der Waals surface area contributed by atoms with Crippen molar-refractivity contribution in [3.8, 4) is 0 Å². The van der Waals surface area contributed by atoms with Crippen LogP contribution in [0.4, 0.5) is 11.8 Å². The summed E-state index contributed by atoms with van der Waals surface area (Å²) in [6, 6.07) is 4.56. The molecule has 6 heteroatoms. The average molecular weight is 304 g/mol. The van der Waals surface area contributed by atoms with Gasteiger partial charge in [-0.05, 0) is 48.7 Å². The number of nitrogens with one attached hydrogen (secondary N) is 1. The van der Waals surface area contributed by atoms with Crippen LogP contribution in [0.25, 0.3) is 10.2 Å². The molecule has 0 fully saturated rings. The molecular formula is C14H16N4S2. The molecule has 0 aliphatic rings. The van der Waals surface area contributed by atoms with E-state index < -0.39 is 0 Å². The van der Waals surface area contributed by atoms with Crippen LogP contribution in [-0.4, -0.2) is 16.0 Å². The first-order valence-corrected chi connectivity index (χ1v) is 8.19. The highest BCUT2D eigenvalue weighted by Crippen LogP contribution is 2.29. The van der Waals surface area contributed by atoms with Gasteiger partial charge in [0.15, 0.2) is 0 Å². The Bertz CT molecular complexity index is 718. The van der Waals surface area contributed by atoms with Crippen molar-refractivity contribution in [3.05, 3.63) is 33.3 Å². The predicted molar refractivity (Wildman–Crippen MR) is 87.7 cm³/mol. The van der Waals surface area contributed by atoms with Crippen LogP contribution in [0.5, 0.6) is 0 Å². The molecule has 3 N–H and O–H groups in total. The van der Waals surface area contributed by atoms with Crippen LogP contribution in [0.3, 0.4) is 0 Å². The summed E-state index contributed by atoms with van der Waals surface area (Å²) in [6.45, 7) is 4.22. The maximum atomic E-state index is 5.79. The van der Waals surface area contributed by atoms with Gasteiger partial charge in [0.1, 0.15) is 10.6 Å². The van der Waals surface area contributed by atoms with Crippen molar-refractivity contribution in [2.45, 2.75) is 26.3 Å². The Morgan fingerprint density at radius 3 is 3.00 bits per heavy atom. The fraction of sp³-hybridized carbons (Fsp3) is 0.286. The third-order valence-electron chi connectivity index (χ3n) is 3.04. The van der Waals surface area contributed by atoms with Gasteiger partial charge < -0.3 is 11.1 Å². The van der Waals surface area contributed by atoms with Crippen LogP contribution in [0.15, 0.2) is 22.9 Å². The highest BCUT2D eigenvalue weighted by Gasteiger charge is 2.12. The van der Waals surface area contributed by atoms with Gasteiger partial charge in [-0.3, -0.25) is 0 Å². The summed E-state index contributed by atoms with van der Waals surface area (Å²) in [5.74, 6) is 1.16. The Labute approximate surface area is 125 Å². The zero-order valence-corrected chi connectivity index (χ0v) is 13.0. The van der Waals surface area contributed by atoms with Crippen molar-refractivity contribution in [3.63, 3.8) is 0 Å². The number of thiophene rings is 2. The summed E-state index contributed by atoms with van der Waals surface area (Å²) in [7, 11) is 0. The van der Waals surface area contributed by atoms with Gasteiger partial charge in [0.05, 0.1) is 5.39 Å². The zero-order chi connectivity index (χ0) is 14.1. The van der Waals surface area contributed by atoms with Crippen molar-refractivity contribution in [1.29, 1.82) is 0 Å². The quantitative estimate of drug-likeness (QED) is 0.771. The van der Waals surface area contributed by atoms with E-state index in [2.05, 4.69) is 52.0 Å². The smallest absolute Gasteiger partial charge is 0.223 e. The minimum atomic E-state index is 0.294. The van der Waals surface area contributed by atoms with Crippen LogP contribution in [0, 0.1) is 6.92 Å². The molecule has 0 saturated carbocycles. The summed E-state index contributed by atoms with van der Waals surface area (Å²) in [5, 5.41) is 8.79. The lowest BCUT2D eigenvalue weighted by molar-refractivity contribution is 0.788. The molecule has 3 heterocycles. The lowest BCUT2D eigenvalue weighted by atomic mass is 10.1. The first-order valence-electron chi connectivity index (χ1n) is 6.43. The molecule has 0 saturated heterocycles. The fourth-order valence-corrected chi connectivity index (χ4v) is 3.78. The van der Waals surface area contributed by atoms with Gasteiger partial charge in [0.25, 0.3) is 0 Å². The van der Waals surface area contributed by atoms with Crippen molar-refractivity contribution >= 4 is 44.7 Å². The molecule has 20 heavy (non-hydrogen) atoms. The average Bonchev–Trinajstić information content (AvgIpc) is 2.97. The van der Waals surface area contributed by atoms with E-state index >= 15 is 0 Å². The Kier molecular flexibility index (Phi) is 3.58. The Hall–Kier alpha value is -1.66. The van der Waals surface area contributed by atoms with Crippen LogP contribution in [0.1, 0.15) is 17.4 Å². The van der Waals surface area contributed by atoms with E-state index in [9.17, 15) is 0 Å². The summed E-state index contributed by atoms with van der Waals surface area (Å²) >= 11 is 3.37. The number of nitrogens with zero attached hydrogens (tertiary/aromatic N) is 2. The van der Waals surface area contributed by atoms with Crippen molar-refractivity contribution in [2.75, 3.05) is 11.1 Å². The highest BCUT2D eigenvalue weighted by atomic mass is 32.1. The Morgan fingerprint density at radius 1 is 1.40 bits per heavy atom. The second kappa shape index (κ2) is 5.38. The minimum absolute atomic E-state index is 0.294. The molecule has 0 spiro atoms. The molecule has 1 unspecified atom stereocenters. The summed E-state index contributed by atoms with van der Waals surface area (Å²) in [6.07, 6.45) is 0.970. The van der Waals surface area contributed by atoms with Gasteiger partial charge in [-0.1, -0.05) is 0 Å². The number of hydrogen-bond donors (Lipinski definition) is 2. The molecule has 1 atom stereocenters. The largest absolute Gasteiger partial charge is 0.368 e. The molecule has 104 valence electrons. The van der Waals surface area contributed by atoms with E-state index in [4.69, 9.17) is 5.73 Å². The number of rotatable bonds is 4. The number of aromatic nitrogens is 2. The topological polar surface area (TPSA) is 63.8 Å². The van der Waals surface area contributed by atoms with Crippen LogP contribution >= 0.6 is 22.7 Å². The van der Waals surface area contributed by atoms with E-state index in [-0.39, 0.29) is 0 Å². The Morgan fingerprint density at radius 2 is 2.25 bits per heavy atom. The van der Waals surface area contributed by atoms with Gasteiger partial charge in [-0.25, -0.2) is 4.98 Å². The van der Waals surface area contributed by atoms with Crippen LogP contribution in [-0.2, 0) is 6.42 Å². The number of nitrogens with two attached hydrogens (primary N) is 1. The molecular weight excluding hydrogens is 288 g/mol. The monoisotopic (exact) mass is 304 g/mol. The van der Waals surface area contributed by atoms with E-state index in [1.54, 1.807) is 22.7 Å². The van der Waals surface area contributed by atoms with Gasteiger partial charge in [-0.2, -0.15) is 16.3 Å². The SMILES string of the molecule is Cc1cc2c(NC(C)Cc3ccsc3)nc(N)nc2s1. The first kappa shape index (κ1) is 13.3. The molecule has 0 aromatic carbocycles. The summed E-state index contributed by atoms with van der Waals surface area (Å²) in [5.41, 5.74) is 7.13. The van der Waals surface area contributed by atoms with E-state index in [0.717, 1.165) is 22.5 Å². The number of aryl methyl sites for hydroxylation is 1. The molecule has 3 rings (SSSR count). The zero-order valence-electron chi connectivity index (χ0n) is 11.4. The minimum Gasteiger partial charge on any atom is -0.368 e. The standard InChI is InChI=1S/C14H16N4S2/c1-8(5-10-3-4-19-7-10)16-12-11-6-9(2)20-13(11)18-14(15)17-12/h3-4,6-8H,5H2,1-2H3,(H3,15,16,17,18). The third-order valence-corrected chi connectivity index (χ3v) is 4.71. The lowest BCUT2D eigenvalue weighted by Gasteiger charge is -2.14. The summed E-state index contributed by atoms with van der Waals surface area (Å²) < 4.78 is 0.